The molecule has 1 saturated heterocycles. The molecule has 0 aliphatic carbocycles. The number of ether oxygens (including phenoxy) is 1. The highest BCUT2D eigenvalue weighted by Gasteiger charge is 2.46. The second kappa shape index (κ2) is 4.86. The molecular formula is C15H11NO4. The van der Waals surface area contributed by atoms with Gasteiger partial charge < -0.3 is 4.74 Å². The lowest BCUT2D eigenvalue weighted by atomic mass is 10.0. The third kappa shape index (κ3) is 2.31. The smallest absolute Gasteiger partial charge is 0.269 e. The van der Waals surface area contributed by atoms with Gasteiger partial charge in [-0.15, -0.1) is 0 Å². The molecular weight excluding hydrogens is 258 g/mol. The molecule has 0 radical (unpaired) electrons. The molecule has 1 fully saturated rings. The van der Waals surface area contributed by atoms with E-state index in [4.69, 9.17) is 4.74 Å². The topological polar surface area (TPSA) is 72.7 Å². The second-order valence-corrected chi connectivity index (χ2v) is 4.56. The van der Waals surface area contributed by atoms with E-state index in [1.165, 1.54) is 12.1 Å². The van der Waals surface area contributed by atoms with Gasteiger partial charge in [-0.2, -0.15) is 0 Å². The molecule has 0 N–H and O–H groups in total. The number of non-ortho nitro benzene ring substituents is 1. The molecule has 1 heterocycles. The molecule has 2 aromatic rings. The van der Waals surface area contributed by atoms with E-state index < -0.39 is 11.0 Å². The Balaban J connectivity index is 1.78. The number of rotatable bonds is 4. The minimum Gasteiger partial charge on any atom is -0.356 e. The molecule has 100 valence electrons. The number of hydrogen-bond donors (Lipinski definition) is 0. The molecule has 1 aliphatic rings. The van der Waals surface area contributed by atoms with Gasteiger partial charge in [-0.25, -0.2) is 0 Å². The van der Waals surface area contributed by atoms with Crippen molar-refractivity contribution in [1.29, 1.82) is 0 Å². The monoisotopic (exact) mass is 269 g/mol. The largest absolute Gasteiger partial charge is 0.356 e. The Bertz CT molecular complexity index is 669. The zero-order valence-corrected chi connectivity index (χ0v) is 10.4. The first kappa shape index (κ1) is 12.5. The molecule has 1 aliphatic heterocycles. The molecule has 0 spiro atoms. The predicted molar refractivity (Wildman–Crippen MR) is 71.5 cm³/mol. The van der Waals surface area contributed by atoms with E-state index >= 15 is 0 Å². The highest BCUT2D eigenvalue weighted by atomic mass is 16.6. The van der Waals surface area contributed by atoms with Crippen molar-refractivity contribution in [2.75, 3.05) is 0 Å². The van der Waals surface area contributed by atoms with Crippen LogP contribution in [0.1, 0.15) is 22.0 Å². The zero-order chi connectivity index (χ0) is 14.1. The summed E-state index contributed by atoms with van der Waals surface area (Å²) in [6.07, 6.45) is -0.929. The van der Waals surface area contributed by atoms with Crippen LogP contribution in [-0.2, 0) is 4.74 Å². The minimum absolute atomic E-state index is 0.00362. The van der Waals surface area contributed by atoms with Crippen molar-refractivity contribution in [1.82, 2.24) is 0 Å². The van der Waals surface area contributed by atoms with E-state index in [9.17, 15) is 14.9 Å². The van der Waals surface area contributed by atoms with Crippen LogP contribution in [-0.4, -0.2) is 16.8 Å². The fraction of sp³-hybridized carbons (Fsp3) is 0.133. The highest BCUT2D eigenvalue weighted by Crippen LogP contribution is 2.41. The summed E-state index contributed by atoms with van der Waals surface area (Å²) in [7, 11) is 0. The molecule has 3 rings (SSSR count). The van der Waals surface area contributed by atoms with Crippen molar-refractivity contribution in [3.63, 3.8) is 0 Å². The molecule has 2 atom stereocenters. The number of carbonyl (C=O) groups is 1. The number of nitrogens with zero attached hydrogens (tertiary/aromatic N) is 1. The number of Topliss-reactive ketones (excluding diaryl/α,β-unsaturated/α-hetero) is 1. The maximum Gasteiger partial charge on any atom is 0.269 e. The van der Waals surface area contributed by atoms with Gasteiger partial charge in [0.05, 0.1) is 4.92 Å². The first-order chi connectivity index (χ1) is 9.66. The van der Waals surface area contributed by atoms with Crippen molar-refractivity contribution >= 4 is 11.5 Å². The molecule has 0 saturated carbocycles. The van der Waals surface area contributed by atoms with Gasteiger partial charge in [0.2, 0.25) is 0 Å². The summed E-state index contributed by atoms with van der Waals surface area (Å²) in [4.78, 5) is 22.4. The average Bonchev–Trinajstić information content (AvgIpc) is 3.28. The number of nitro benzene ring substituents is 1. The van der Waals surface area contributed by atoms with Crippen LogP contribution in [0.5, 0.6) is 0 Å². The van der Waals surface area contributed by atoms with E-state index in [0.29, 0.717) is 11.1 Å². The van der Waals surface area contributed by atoms with E-state index in [0.717, 1.165) is 0 Å². The van der Waals surface area contributed by atoms with E-state index in [-0.39, 0.29) is 17.6 Å². The number of carbonyl (C=O) groups excluding carboxylic acids is 1. The maximum absolute atomic E-state index is 12.2. The highest BCUT2D eigenvalue weighted by molar-refractivity contribution is 6.01. The van der Waals surface area contributed by atoms with E-state index in [1.54, 1.807) is 36.4 Å². The van der Waals surface area contributed by atoms with Crippen LogP contribution in [0.3, 0.4) is 0 Å². The Hall–Kier alpha value is -2.53. The summed E-state index contributed by atoms with van der Waals surface area (Å²) >= 11 is 0. The summed E-state index contributed by atoms with van der Waals surface area (Å²) in [6, 6.07) is 15.1. The SMILES string of the molecule is O=C(c1ccccc1)[C@H]1O[C@@H]1c1cccc([N+](=O)[O-])c1. The fourth-order valence-electron chi connectivity index (χ4n) is 2.15. The van der Waals surface area contributed by atoms with Gasteiger partial charge in [0, 0.05) is 17.7 Å². The quantitative estimate of drug-likeness (QED) is 0.370. The lowest BCUT2D eigenvalue weighted by Gasteiger charge is -1.98. The summed E-state index contributed by atoms with van der Waals surface area (Å²) in [5, 5.41) is 10.7. The summed E-state index contributed by atoms with van der Waals surface area (Å²) in [5.74, 6) is -0.0953. The summed E-state index contributed by atoms with van der Waals surface area (Å²) in [5.41, 5.74) is 1.25. The van der Waals surface area contributed by atoms with Gasteiger partial charge in [-0.3, -0.25) is 14.9 Å². The Kier molecular flexibility index (Phi) is 3.04. The maximum atomic E-state index is 12.2. The average molecular weight is 269 g/mol. The van der Waals surface area contributed by atoms with Crippen LogP contribution < -0.4 is 0 Å². The third-order valence-corrected chi connectivity index (χ3v) is 3.22. The molecule has 20 heavy (non-hydrogen) atoms. The molecule has 0 bridgehead atoms. The van der Waals surface area contributed by atoms with Gasteiger partial charge in [-0.1, -0.05) is 42.5 Å². The van der Waals surface area contributed by atoms with Crippen LogP contribution in [0.15, 0.2) is 54.6 Å². The van der Waals surface area contributed by atoms with Crippen molar-refractivity contribution in [2.45, 2.75) is 12.2 Å². The Morgan fingerprint density at radius 3 is 2.55 bits per heavy atom. The lowest BCUT2D eigenvalue weighted by Crippen LogP contribution is -2.07. The molecule has 5 heteroatoms. The van der Waals surface area contributed by atoms with Gasteiger partial charge in [0.15, 0.2) is 11.9 Å². The molecule has 0 aromatic heterocycles. The summed E-state index contributed by atoms with van der Waals surface area (Å²) < 4.78 is 5.38. The van der Waals surface area contributed by atoms with Crippen molar-refractivity contribution in [3.05, 3.63) is 75.8 Å². The number of epoxide rings is 1. The standard InChI is InChI=1S/C15H11NO4/c17-13(10-5-2-1-3-6-10)15-14(20-15)11-7-4-8-12(9-11)16(18)19/h1-9,14-15H/t14-,15-/m1/s1. The number of nitro groups is 1. The summed E-state index contributed by atoms with van der Waals surface area (Å²) in [6.45, 7) is 0. The second-order valence-electron chi connectivity index (χ2n) is 4.56. The fourth-order valence-corrected chi connectivity index (χ4v) is 2.15. The first-order valence-corrected chi connectivity index (χ1v) is 6.16. The van der Waals surface area contributed by atoms with E-state index in [2.05, 4.69) is 0 Å². The molecule has 0 amide bonds. The van der Waals surface area contributed by atoms with Crippen molar-refractivity contribution < 1.29 is 14.5 Å². The predicted octanol–water partition coefficient (Wildman–Crippen LogP) is 2.92. The Morgan fingerprint density at radius 2 is 1.85 bits per heavy atom. The normalized spacial score (nSPS) is 20.4. The molecule has 0 unspecified atom stereocenters. The number of ketones is 1. The van der Waals surface area contributed by atoms with Gasteiger partial charge >= 0.3 is 0 Å². The zero-order valence-electron chi connectivity index (χ0n) is 10.4. The van der Waals surface area contributed by atoms with Crippen LogP contribution >= 0.6 is 0 Å². The van der Waals surface area contributed by atoms with Crippen LogP contribution in [0.25, 0.3) is 0 Å². The first-order valence-electron chi connectivity index (χ1n) is 6.16. The van der Waals surface area contributed by atoms with E-state index in [1.807, 2.05) is 6.07 Å². The van der Waals surface area contributed by atoms with Crippen LogP contribution in [0, 0.1) is 10.1 Å². The van der Waals surface area contributed by atoms with Gasteiger partial charge in [0.1, 0.15) is 6.10 Å². The van der Waals surface area contributed by atoms with Gasteiger partial charge in [0.25, 0.3) is 5.69 Å². The molecule has 2 aromatic carbocycles. The van der Waals surface area contributed by atoms with Gasteiger partial charge in [-0.05, 0) is 5.56 Å². The Morgan fingerprint density at radius 1 is 1.10 bits per heavy atom. The third-order valence-electron chi connectivity index (χ3n) is 3.22. The lowest BCUT2D eigenvalue weighted by molar-refractivity contribution is -0.384. The van der Waals surface area contributed by atoms with Crippen LogP contribution in [0.4, 0.5) is 5.69 Å². The van der Waals surface area contributed by atoms with Crippen molar-refractivity contribution in [3.8, 4) is 0 Å². The Labute approximate surface area is 115 Å². The number of benzene rings is 2. The van der Waals surface area contributed by atoms with Crippen LogP contribution in [0.2, 0.25) is 0 Å². The number of hydrogen-bond acceptors (Lipinski definition) is 4. The van der Waals surface area contributed by atoms with Crippen molar-refractivity contribution in [2.24, 2.45) is 0 Å². The minimum atomic E-state index is -0.542. The molecule has 5 nitrogen and oxygen atoms in total.